The van der Waals surface area contributed by atoms with Crippen molar-refractivity contribution < 1.29 is 46.3 Å². The lowest BCUT2D eigenvalue weighted by molar-refractivity contribution is -0.141. The van der Waals surface area contributed by atoms with Crippen LogP contribution in [0, 0.1) is 11.2 Å². The van der Waals surface area contributed by atoms with Crippen molar-refractivity contribution in [2.24, 2.45) is 5.41 Å². The summed E-state index contributed by atoms with van der Waals surface area (Å²) in [5, 5.41) is 8.42. The number of hydrogen-bond acceptors (Lipinski definition) is 10. The van der Waals surface area contributed by atoms with Gasteiger partial charge in [-0.2, -0.15) is 13.2 Å². The van der Waals surface area contributed by atoms with E-state index in [1.807, 2.05) is 51.7 Å². The molecule has 370 valence electrons. The number of nitrogens with one attached hydrogen (secondary N) is 3. The predicted molar refractivity (Wildman–Crippen MR) is 254 cm³/mol. The molecule has 1 aromatic heterocycles. The molecule has 5 amide bonds. The number of carbonyl (C=O) groups excluding carboxylic acids is 5. The summed E-state index contributed by atoms with van der Waals surface area (Å²) in [6.45, 7) is 12.1. The van der Waals surface area contributed by atoms with Gasteiger partial charge in [0.15, 0.2) is 0 Å². The molecule has 3 fully saturated rings. The van der Waals surface area contributed by atoms with E-state index < -0.39 is 59.0 Å². The highest BCUT2D eigenvalue weighted by Gasteiger charge is 2.66. The van der Waals surface area contributed by atoms with Crippen molar-refractivity contribution in [2.45, 2.75) is 102 Å². The lowest BCUT2D eigenvalue weighted by Gasteiger charge is -2.42. The van der Waals surface area contributed by atoms with E-state index >= 15 is 9.18 Å². The molecule has 1 unspecified atom stereocenters. The fourth-order valence-electron chi connectivity index (χ4n) is 11.4. The quantitative estimate of drug-likeness (QED) is 0.113. The number of aromatic nitrogens is 1. The number of halogens is 5. The summed E-state index contributed by atoms with van der Waals surface area (Å²) in [6, 6.07) is 13.2. The zero-order chi connectivity index (χ0) is 50.2. The largest absolute Gasteiger partial charge is 0.495 e. The molecule has 0 saturated carbocycles. The number of pyridine rings is 1. The van der Waals surface area contributed by atoms with Gasteiger partial charge in [0.25, 0.3) is 11.8 Å². The number of methoxy groups -OCH3 is 1. The predicted octanol–water partition coefficient (Wildman–Crippen LogP) is 7.61. The summed E-state index contributed by atoms with van der Waals surface area (Å²) < 4.78 is 64.6. The third kappa shape index (κ3) is 8.60. The van der Waals surface area contributed by atoms with Gasteiger partial charge in [-0.3, -0.25) is 39.2 Å². The van der Waals surface area contributed by atoms with Gasteiger partial charge in [-0.25, -0.2) is 4.39 Å². The van der Waals surface area contributed by atoms with Gasteiger partial charge in [0.05, 0.1) is 23.9 Å². The van der Waals surface area contributed by atoms with Crippen LogP contribution >= 0.6 is 11.6 Å². The maximum absolute atomic E-state index is 16.6. The number of likely N-dealkylation sites (tertiary alicyclic amines) is 1. The number of ether oxygens (including phenoxy) is 1. The van der Waals surface area contributed by atoms with Gasteiger partial charge in [-0.1, -0.05) is 44.5 Å². The van der Waals surface area contributed by atoms with Crippen molar-refractivity contribution in [3.8, 4) is 5.75 Å². The summed E-state index contributed by atoms with van der Waals surface area (Å²) in [7, 11) is 1.42. The van der Waals surface area contributed by atoms with Crippen LogP contribution in [0.15, 0.2) is 66.9 Å². The fourth-order valence-corrected chi connectivity index (χ4v) is 11.6. The van der Waals surface area contributed by atoms with Crippen molar-refractivity contribution in [1.29, 1.82) is 0 Å². The van der Waals surface area contributed by atoms with Crippen molar-refractivity contribution in [2.75, 3.05) is 55.4 Å². The van der Waals surface area contributed by atoms with E-state index in [1.54, 1.807) is 41.3 Å². The molecule has 0 aliphatic carbocycles. The standard InChI is InChI=1S/C51H55ClF4N8O6/c1-27(2)64-40(23-49(3,4)5)50(26-58-36-22-39(51(54,55)56)57-24-33(36)50)42(32-8-7-9-34(52)43(32)53)44(64)46(67)59-35-13-10-28(21-38(35)70-6)47(68)62-18-16-61(17-19-62)30-11-12-31-29(20-30)25-63(48(31)69)37-14-15-41(65)60-45(37)66/h7-13,20-22,24,27,37,40,42,44,58H,14-19,23,25-26H2,1-6H3,(H,59,67)(H,60,65,66)/t37?,40-,42-,44+,50-/m0/s1. The Morgan fingerprint density at radius 1 is 1.00 bits per heavy atom. The van der Waals surface area contributed by atoms with E-state index in [2.05, 4.69) is 25.8 Å². The van der Waals surface area contributed by atoms with E-state index in [4.69, 9.17) is 16.3 Å². The number of anilines is 3. The minimum Gasteiger partial charge on any atom is -0.495 e. The van der Waals surface area contributed by atoms with Crippen LogP contribution in [-0.2, 0) is 32.5 Å². The van der Waals surface area contributed by atoms with E-state index in [-0.39, 0.29) is 82.8 Å². The lowest BCUT2D eigenvalue weighted by Crippen LogP contribution is -2.52. The monoisotopic (exact) mass is 986 g/mol. The lowest BCUT2D eigenvalue weighted by atomic mass is 9.63. The van der Waals surface area contributed by atoms with Crippen LogP contribution < -0.4 is 25.6 Å². The summed E-state index contributed by atoms with van der Waals surface area (Å²) in [4.78, 5) is 78.1. The molecule has 19 heteroatoms. The van der Waals surface area contributed by atoms with Crippen LogP contribution in [0.5, 0.6) is 5.75 Å². The van der Waals surface area contributed by atoms with Crippen LogP contribution in [0.1, 0.15) is 103 Å². The Bertz CT molecular complexity index is 2790. The van der Waals surface area contributed by atoms with E-state index in [0.29, 0.717) is 49.3 Å². The molecule has 5 aliphatic rings. The van der Waals surface area contributed by atoms with Crippen LogP contribution in [0.4, 0.5) is 34.6 Å². The van der Waals surface area contributed by atoms with Crippen LogP contribution in [0.25, 0.3) is 0 Å². The second-order valence-electron chi connectivity index (χ2n) is 20.3. The van der Waals surface area contributed by atoms with Crippen LogP contribution in [-0.4, -0.2) is 113 Å². The van der Waals surface area contributed by atoms with E-state index in [1.165, 1.54) is 24.3 Å². The number of piperazine rings is 1. The Labute approximate surface area is 408 Å². The molecule has 14 nitrogen and oxygen atoms in total. The average Bonchev–Trinajstić information content (AvgIpc) is 3.95. The molecular weight excluding hydrogens is 932 g/mol. The summed E-state index contributed by atoms with van der Waals surface area (Å²) >= 11 is 6.46. The van der Waals surface area contributed by atoms with Crippen molar-refractivity contribution in [1.82, 2.24) is 25.0 Å². The number of rotatable bonds is 9. The van der Waals surface area contributed by atoms with E-state index in [9.17, 15) is 32.3 Å². The molecule has 9 rings (SSSR count). The number of piperidine rings is 1. The third-order valence-electron chi connectivity index (χ3n) is 14.5. The smallest absolute Gasteiger partial charge is 0.433 e. The number of hydrogen-bond donors (Lipinski definition) is 3. The van der Waals surface area contributed by atoms with Crippen molar-refractivity contribution >= 4 is 58.2 Å². The number of benzene rings is 3. The molecule has 5 aliphatic heterocycles. The maximum Gasteiger partial charge on any atom is 0.433 e. The molecule has 70 heavy (non-hydrogen) atoms. The average molecular weight is 987 g/mol. The summed E-state index contributed by atoms with van der Waals surface area (Å²) in [5.74, 6) is -3.36. The molecule has 5 atom stereocenters. The minimum absolute atomic E-state index is 0.0869. The van der Waals surface area contributed by atoms with Crippen molar-refractivity contribution in [3.05, 3.63) is 111 Å². The summed E-state index contributed by atoms with van der Waals surface area (Å²) in [5.41, 5.74) is 0.944. The van der Waals surface area contributed by atoms with Gasteiger partial charge in [0, 0.05) is 103 Å². The molecule has 4 aromatic rings. The van der Waals surface area contributed by atoms with E-state index in [0.717, 1.165) is 17.3 Å². The first-order valence-electron chi connectivity index (χ1n) is 23.4. The van der Waals surface area contributed by atoms with Gasteiger partial charge >= 0.3 is 6.18 Å². The molecule has 6 heterocycles. The first-order chi connectivity index (χ1) is 33.1. The fraction of sp³-hybridized carbons (Fsp3) is 0.451. The Kier molecular flexibility index (Phi) is 12.6. The number of alkyl halides is 3. The van der Waals surface area contributed by atoms with Crippen LogP contribution in [0.3, 0.4) is 0 Å². The molecule has 0 bridgehead atoms. The van der Waals surface area contributed by atoms with Crippen molar-refractivity contribution in [3.63, 3.8) is 0 Å². The van der Waals surface area contributed by atoms with Gasteiger partial charge in [-0.15, -0.1) is 0 Å². The minimum atomic E-state index is -4.71. The van der Waals surface area contributed by atoms with Gasteiger partial charge in [0.1, 0.15) is 23.3 Å². The number of carbonyl (C=O) groups is 5. The number of amides is 5. The highest BCUT2D eigenvalue weighted by Crippen LogP contribution is 2.60. The SMILES string of the molecule is COc1cc(C(=O)N2CCN(c3ccc4c(c3)CN(C3CCC(=O)NC3=O)C4=O)CC2)ccc1NC(=O)[C@H]1[C@H](c2cccc(Cl)c2F)[C@]2(CNc3cc(C(F)(F)F)ncc32)[C@H](CC(C)(C)C)N1C(C)C. The highest BCUT2D eigenvalue weighted by atomic mass is 35.5. The Morgan fingerprint density at radius 2 is 1.74 bits per heavy atom. The van der Waals surface area contributed by atoms with Gasteiger partial charge in [-0.05, 0) is 91.8 Å². The third-order valence-corrected chi connectivity index (χ3v) is 14.8. The number of nitrogens with zero attached hydrogens (tertiary/aromatic N) is 5. The molecule has 0 radical (unpaired) electrons. The van der Waals surface area contributed by atoms with Crippen LogP contribution in [0.2, 0.25) is 5.02 Å². The topological polar surface area (TPSA) is 157 Å². The zero-order valence-electron chi connectivity index (χ0n) is 39.7. The number of fused-ring (bicyclic) bond motifs is 3. The summed E-state index contributed by atoms with van der Waals surface area (Å²) in [6.07, 6.45) is -2.58. The Morgan fingerprint density at radius 3 is 2.41 bits per heavy atom. The molecular formula is C51H55ClF4N8O6. The molecule has 3 N–H and O–H groups in total. The first-order valence-corrected chi connectivity index (χ1v) is 23.8. The second kappa shape index (κ2) is 18.2. The Hall–Kier alpha value is -6.27. The zero-order valence-corrected chi connectivity index (χ0v) is 40.4. The molecule has 3 aromatic carbocycles. The maximum atomic E-state index is 16.6. The highest BCUT2D eigenvalue weighted by molar-refractivity contribution is 6.30. The van der Waals surface area contributed by atoms with Gasteiger partial charge < -0.3 is 30.1 Å². The molecule has 3 saturated heterocycles. The number of imide groups is 1. The Balaban J connectivity index is 0.966. The normalized spacial score (nSPS) is 23.7. The second-order valence-corrected chi connectivity index (χ2v) is 20.7. The molecule has 1 spiro atoms. The first kappa shape index (κ1) is 48.7. The van der Waals surface area contributed by atoms with Gasteiger partial charge in [0.2, 0.25) is 17.7 Å².